The first kappa shape index (κ1) is 15.5. The molecule has 2 rings (SSSR count). The molecular formula is C13H21ClN2OS. The molecule has 1 atom stereocenters. The van der Waals surface area contributed by atoms with Crippen molar-refractivity contribution in [2.24, 2.45) is 0 Å². The number of hydrogen-bond donors (Lipinski definition) is 2. The largest absolute Gasteiger partial charge is 0.354 e. The summed E-state index contributed by atoms with van der Waals surface area (Å²) in [5.74, 6) is 0.146. The number of halogens is 1. The van der Waals surface area contributed by atoms with E-state index in [1.54, 1.807) is 11.3 Å². The molecule has 1 aromatic heterocycles. The van der Waals surface area contributed by atoms with Crippen LogP contribution in [0.3, 0.4) is 0 Å². The average molecular weight is 289 g/mol. The van der Waals surface area contributed by atoms with E-state index in [0.717, 1.165) is 32.4 Å². The normalized spacial score (nSPS) is 23.2. The molecule has 1 aromatic rings. The Bertz CT molecular complexity index is 361. The van der Waals surface area contributed by atoms with Gasteiger partial charge in [-0.05, 0) is 61.5 Å². The van der Waals surface area contributed by atoms with Crippen LogP contribution in [0.4, 0.5) is 0 Å². The summed E-state index contributed by atoms with van der Waals surface area (Å²) in [6.45, 7) is 3.69. The molecule has 0 bridgehead atoms. The zero-order valence-electron chi connectivity index (χ0n) is 10.7. The van der Waals surface area contributed by atoms with Gasteiger partial charge in [-0.3, -0.25) is 4.79 Å². The average Bonchev–Trinajstić information content (AvgIpc) is 2.83. The summed E-state index contributed by atoms with van der Waals surface area (Å²) >= 11 is 1.70. The van der Waals surface area contributed by atoms with E-state index >= 15 is 0 Å². The Morgan fingerprint density at radius 3 is 3.00 bits per heavy atom. The van der Waals surface area contributed by atoms with Gasteiger partial charge in [0.1, 0.15) is 0 Å². The van der Waals surface area contributed by atoms with Gasteiger partial charge >= 0.3 is 0 Å². The van der Waals surface area contributed by atoms with Crippen molar-refractivity contribution in [2.75, 3.05) is 13.1 Å². The second-order valence-corrected chi connectivity index (χ2v) is 5.63. The van der Waals surface area contributed by atoms with E-state index in [1.807, 2.05) is 6.92 Å². The highest BCUT2D eigenvalue weighted by Crippen LogP contribution is 2.18. The van der Waals surface area contributed by atoms with Crippen molar-refractivity contribution in [2.45, 2.75) is 38.1 Å². The van der Waals surface area contributed by atoms with E-state index < -0.39 is 0 Å². The minimum absolute atomic E-state index is 0. The van der Waals surface area contributed by atoms with Gasteiger partial charge in [0.05, 0.1) is 5.54 Å². The molecule has 1 fully saturated rings. The fraction of sp³-hybridized carbons (Fsp3) is 0.615. The maximum atomic E-state index is 12.1. The summed E-state index contributed by atoms with van der Waals surface area (Å²) in [6, 6.07) is 2.11. The predicted molar refractivity (Wildman–Crippen MR) is 78.5 cm³/mol. The number of carbonyl (C=O) groups is 1. The molecule has 2 N–H and O–H groups in total. The van der Waals surface area contributed by atoms with Gasteiger partial charge in [-0.25, -0.2) is 0 Å². The van der Waals surface area contributed by atoms with Crippen molar-refractivity contribution in [1.29, 1.82) is 0 Å². The van der Waals surface area contributed by atoms with E-state index in [2.05, 4.69) is 27.5 Å². The Kier molecular flexibility index (Phi) is 6.12. The molecule has 0 aliphatic carbocycles. The van der Waals surface area contributed by atoms with Gasteiger partial charge in [-0.1, -0.05) is 0 Å². The van der Waals surface area contributed by atoms with Crippen LogP contribution in [-0.4, -0.2) is 24.5 Å². The molecule has 0 saturated carbocycles. The third kappa shape index (κ3) is 3.97. The van der Waals surface area contributed by atoms with Crippen LogP contribution in [0.5, 0.6) is 0 Å². The molecule has 1 amide bonds. The van der Waals surface area contributed by atoms with Crippen molar-refractivity contribution in [3.63, 3.8) is 0 Å². The lowest BCUT2D eigenvalue weighted by atomic mass is 9.90. The molecule has 18 heavy (non-hydrogen) atoms. The molecule has 0 aromatic carbocycles. The summed E-state index contributed by atoms with van der Waals surface area (Å²) in [5, 5.41) is 10.6. The highest BCUT2D eigenvalue weighted by Gasteiger charge is 2.33. The van der Waals surface area contributed by atoms with Gasteiger partial charge in [0, 0.05) is 6.54 Å². The van der Waals surface area contributed by atoms with E-state index in [-0.39, 0.29) is 23.9 Å². The Morgan fingerprint density at radius 1 is 1.56 bits per heavy atom. The fourth-order valence-corrected chi connectivity index (χ4v) is 2.90. The van der Waals surface area contributed by atoms with Gasteiger partial charge in [0.15, 0.2) is 0 Å². The fourth-order valence-electron chi connectivity index (χ4n) is 2.20. The van der Waals surface area contributed by atoms with Crippen molar-refractivity contribution in [3.05, 3.63) is 22.4 Å². The lowest BCUT2D eigenvalue weighted by Crippen LogP contribution is -2.57. The lowest BCUT2D eigenvalue weighted by molar-refractivity contribution is -0.127. The van der Waals surface area contributed by atoms with E-state index in [9.17, 15) is 4.79 Å². The third-order valence-corrected chi connectivity index (χ3v) is 4.13. The lowest BCUT2D eigenvalue weighted by Gasteiger charge is -2.33. The second-order valence-electron chi connectivity index (χ2n) is 4.85. The van der Waals surface area contributed by atoms with Crippen LogP contribution in [0.2, 0.25) is 0 Å². The van der Waals surface area contributed by atoms with Crippen LogP contribution < -0.4 is 10.6 Å². The Morgan fingerprint density at radius 2 is 2.39 bits per heavy atom. The van der Waals surface area contributed by atoms with Crippen LogP contribution in [0.1, 0.15) is 31.7 Å². The van der Waals surface area contributed by atoms with E-state index in [4.69, 9.17) is 0 Å². The van der Waals surface area contributed by atoms with Gasteiger partial charge in [0.2, 0.25) is 5.91 Å². The van der Waals surface area contributed by atoms with Crippen molar-refractivity contribution in [3.8, 4) is 0 Å². The van der Waals surface area contributed by atoms with Crippen LogP contribution in [-0.2, 0) is 11.2 Å². The van der Waals surface area contributed by atoms with Crippen molar-refractivity contribution < 1.29 is 4.79 Å². The third-order valence-electron chi connectivity index (χ3n) is 3.40. The maximum Gasteiger partial charge on any atom is 0.240 e. The second kappa shape index (κ2) is 7.12. The highest BCUT2D eigenvalue weighted by molar-refractivity contribution is 7.07. The maximum absolute atomic E-state index is 12.1. The molecule has 1 aliphatic heterocycles. The van der Waals surface area contributed by atoms with Gasteiger partial charge < -0.3 is 10.6 Å². The number of rotatable bonds is 4. The van der Waals surface area contributed by atoms with Crippen LogP contribution in [0.25, 0.3) is 0 Å². The number of thiophene rings is 1. The van der Waals surface area contributed by atoms with Crippen LogP contribution in [0, 0.1) is 0 Å². The Hall–Kier alpha value is -0.580. The summed E-state index contributed by atoms with van der Waals surface area (Å²) < 4.78 is 0. The van der Waals surface area contributed by atoms with Crippen molar-refractivity contribution >= 4 is 29.7 Å². The highest BCUT2D eigenvalue weighted by atomic mass is 35.5. The summed E-state index contributed by atoms with van der Waals surface area (Å²) in [6.07, 6.45) is 4.18. The molecule has 5 heteroatoms. The molecule has 0 spiro atoms. The predicted octanol–water partition coefficient (Wildman–Crippen LogP) is 2.36. The molecule has 1 saturated heterocycles. The minimum atomic E-state index is -0.354. The van der Waals surface area contributed by atoms with Crippen molar-refractivity contribution in [1.82, 2.24) is 10.6 Å². The number of piperidine rings is 1. The Labute approximate surface area is 119 Å². The molecule has 0 radical (unpaired) electrons. The molecule has 1 unspecified atom stereocenters. The molecular weight excluding hydrogens is 268 g/mol. The first-order chi connectivity index (χ1) is 8.21. The summed E-state index contributed by atoms with van der Waals surface area (Å²) in [4.78, 5) is 12.1. The van der Waals surface area contributed by atoms with Gasteiger partial charge in [-0.15, -0.1) is 12.4 Å². The standard InChI is InChI=1S/C13H20N2OS.ClH/c1-13(6-2-3-7-15-13)12(16)14-8-4-11-5-9-17-10-11;/h5,9-10,15H,2-4,6-8H2,1H3,(H,14,16);1H. The topological polar surface area (TPSA) is 41.1 Å². The number of carbonyl (C=O) groups excluding carboxylic acids is 1. The molecule has 3 nitrogen and oxygen atoms in total. The monoisotopic (exact) mass is 288 g/mol. The van der Waals surface area contributed by atoms with Crippen LogP contribution >= 0.6 is 23.7 Å². The van der Waals surface area contributed by atoms with Crippen LogP contribution in [0.15, 0.2) is 16.8 Å². The smallest absolute Gasteiger partial charge is 0.240 e. The number of nitrogens with one attached hydrogen (secondary N) is 2. The number of amides is 1. The first-order valence-corrected chi connectivity index (χ1v) is 7.19. The zero-order valence-corrected chi connectivity index (χ0v) is 12.3. The minimum Gasteiger partial charge on any atom is -0.354 e. The Balaban J connectivity index is 0.00000162. The summed E-state index contributed by atoms with van der Waals surface area (Å²) in [7, 11) is 0. The van der Waals surface area contributed by atoms with Gasteiger partial charge in [-0.2, -0.15) is 11.3 Å². The zero-order chi connectivity index (χ0) is 12.1. The molecule has 102 valence electrons. The molecule has 1 aliphatic rings. The summed E-state index contributed by atoms with van der Waals surface area (Å²) in [5.41, 5.74) is 0.949. The van der Waals surface area contributed by atoms with Gasteiger partial charge in [0.25, 0.3) is 0 Å². The quantitative estimate of drug-likeness (QED) is 0.893. The SMILES string of the molecule is CC1(C(=O)NCCc2ccsc2)CCCCN1.Cl. The molecule has 2 heterocycles. The van der Waals surface area contributed by atoms with E-state index in [0.29, 0.717) is 0 Å². The first-order valence-electron chi connectivity index (χ1n) is 6.25. The number of hydrogen-bond acceptors (Lipinski definition) is 3. The van der Waals surface area contributed by atoms with E-state index in [1.165, 1.54) is 12.0 Å².